The second kappa shape index (κ2) is 8.05. The number of amides is 3. The first-order valence-corrected chi connectivity index (χ1v) is 8.69. The van der Waals surface area contributed by atoms with Gasteiger partial charge in [-0.15, -0.1) is 0 Å². The Morgan fingerprint density at radius 1 is 1.08 bits per heavy atom. The van der Waals surface area contributed by atoms with Crippen molar-refractivity contribution < 1.29 is 23.9 Å². The molecule has 0 saturated heterocycles. The molecule has 0 bridgehead atoms. The lowest BCUT2D eigenvalue weighted by atomic mass is 10.1. The van der Waals surface area contributed by atoms with Gasteiger partial charge in [-0.05, 0) is 25.0 Å². The number of rotatable bonds is 6. The molecule has 3 amide bonds. The maximum absolute atomic E-state index is 12.4. The highest BCUT2D eigenvalue weighted by atomic mass is 35.5. The van der Waals surface area contributed by atoms with Gasteiger partial charge >= 0.3 is 5.97 Å². The number of carbonyl (C=O) groups excluding carboxylic acids is 4. The first-order chi connectivity index (χ1) is 12.1. The molecular weight excluding hydrogens is 383 g/mol. The minimum Gasteiger partial charge on any atom is -0.454 e. The van der Waals surface area contributed by atoms with Crippen LogP contribution in [-0.2, 0) is 14.3 Å². The van der Waals surface area contributed by atoms with E-state index >= 15 is 0 Å². The van der Waals surface area contributed by atoms with E-state index < -0.39 is 36.3 Å². The lowest BCUT2D eigenvalue weighted by Crippen LogP contribution is -2.44. The number of hydrogen-bond donors (Lipinski definition) is 1. The van der Waals surface area contributed by atoms with Crippen molar-refractivity contribution in [2.45, 2.75) is 26.8 Å². The highest BCUT2D eigenvalue weighted by Crippen LogP contribution is 2.32. The Morgan fingerprint density at radius 3 is 2.04 bits per heavy atom. The van der Waals surface area contributed by atoms with Crippen LogP contribution in [-0.4, -0.2) is 47.8 Å². The van der Waals surface area contributed by atoms with Crippen molar-refractivity contribution in [3.8, 4) is 0 Å². The van der Waals surface area contributed by atoms with Crippen LogP contribution >= 0.6 is 23.2 Å². The molecule has 0 aromatic heterocycles. The predicted molar refractivity (Wildman–Crippen MR) is 95.2 cm³/mol. The zero-order valence-electron chi connectivity index (χ0n) is 14.5. The molecule has 9 heteroatoms. The molecule has 1 atom stereocenters. The summed E-state index contributed by atoms with van der Waals surface area (Å²) in [6.45, 7) is 5.16. The Balaban J connectivity index is 2.04. The molecule has 26 heavy (non-hydrogen) atoms. The second-order valence-corrected chi connectivity index (χ2v) is 7.09. The highest BCUT2D eigenvalue weighted by Gasteiger charge is 2.42. The molecule has 1 heterocycles. The number of ether oxygens (including phenoxy) is 1. The number of hydrogen-bond acceptors (Lipinski definition) is 5. The van der Waals surface area contributed by atoms with Gasteiger partial charge in [0, 0.05) is 6.54 Å². The Morgan fingerprint density at radius 2 is 1.58 bits per heavy atom. The number of halogens is 2. The summed E-state index contributed by atoms with van der Waals surface area (Å²) < 4.78 is 4.90. The Kier molecular flexibility index (Phi) is 6.26. The van der Waals surface area contributed by atoms with E-state index in [4.69, 9.17) is 27.9 Å². The minimum atomic E-state index is -1.20. The summed E-state index contributed by atoms with van der Waals surface area (Å²) in [5, 5.41) is 2.86. The van der Waals surface area contributed by atoms with Crippen molar-refractivity contribution in [2.24, 2.45) is 5.92 Å². The standard InChI is InChI=1S/C17H18Cl2N2O5/c1-8(2)6-20-14(22)7-26-17(25)9(3)21-15(23)10-4-12(18)13(19)5-11(10)16(21)24/h4-5,8-9H,6-7H2,1-3H3,(H,20,22)/t9-/m0/s1. The lowest BCUT2D eigenvalue weighted by Gasteiger charge is -2.20. The van der Waals surface area contributed by atoms with E-state index in [1.54, 1.807) is 0 Å². The molecule has 0 saturated carbocycles. The SMILES string of the molecule is CC(C)CNC(=O)COC(=O)[C@H](C)N1C(=O)c2cc(Cl)c(Cl)cc2C1=O. The maximum atomic E-state index is 12.4. The zero-order valence-corrected chi connectivity index (χ0v) is 16.0. The summed E-state index contributed by atoms with van der Waals surface area (Å²) in [4.78, 5) is 49.4. The van der Waals surface area contributed by atoms with Crippen LogP contribution in [0.15, 0.2) is 12.1 Å². The average Bonchev–Trinajstić information content (AvgIpc) is 2.81. The molecule has 7 nitrogen and oxygen atoms in total. The topological polar surface area (TPSA) is 92.8 Å². The molecule has 1 aliphatic heterocycles. The Bertz CT molecular complexity index is 738. The molecule has 1 aromatic rings. The first kappa shape index (κ1) is 20.2. The van der Waals surface area contributed by atoms with Crippen LogP contribution in [0.4, 0.5) is 0 Å². The van der Waals surface area contributed by atoms with Crippen molar-refractivity contribution in [3.63, 3.8) is 0 Å². The molecule has 140 valence electrons. The van der Waals surface area contributed by atoms with E-state index in [1.165, 1.54) is 19.1 Å². The van der Waals surface area contributed by atoms with Gasteiger partial charge in [-0.1, -0.05) is 37.0 Å². The quantitative estimate of drug-likeness (QED) is 0.583. The molecule has 0 fully saturated rings. The number of benzene rings is 1. The summed E-state index contributed by atoms with van der Waals surface area (Å²) in [6.07, 6.45) is 0. The normalized spacial score (nSPS) is 14.5. The third-order valence-electron chi connectivity index (χ3n) is 3.74. The van der Waals surface area contributed by atoms with Crippen LogP contribution in [0.5, 0.6) is 0 Å². The summed E-state index contributed by atoms with van der Waals surface area (Å²) in [5.74, 6) is -2.41. The number of esters is 1. The largest absolute Gasteiger partial charge is 0.454 e. The van der Waals surface area contributed by atoms with Crippen molar-refractivity contribution in [1.82, 2.24) is 10.2 Å². The van der Waals surface area contributed by atoms with Gasteiger partial charge in [0.1, 0.15) is 6.04 Å². The van der Waals surface area contributed by atoms with Crippen LogP contribution in [0.2, 0.25) is 10.0 Å². The van der Waals surface area contributed by atoms with E-state index in [0.29, 0.717) is 6.54 Å². The fourth-order valence-electron chi connectivity index (χ4n) is 2.34. The van der Waals surface area contributed by atoms with Gasteiger partial charge in [-0.2, -0.15) is 0 Å². The predicted octanol–water partition coefficient (Wildman–Crippen LogP) is 2.29. The number of carbonyl (C=O) groups is 4. The molecule has 0 radical (unpaired) electrons. The lowest BCUT2D eigenvalue weighted by molar-refractivity contribution is -0.151. The number of fused-ring (bicyclic) bond motifs is 1. The van der Waals surface area contributed by atoms with Gasteiger partial charge in [-0.3, -0.25) is 19.3 Å². The van der Waals surface area contributed by atoms with Crippen LogP contribution in [0, 0.1) is 5.92 Å². The van der Waals surface area contributed by atoms with Gasteiger partial charge in [-0.25, -0.2) is 4.79 Å². The maximum Gasteiger partial charge on any atom is 0.329 e. The smallest absolute Gasteiger partial charge is 0.329 e. The molecule has 0 spiro atoms. The first-order valence-electron chi connectivity index (χ1n) is 7.93. The van der Waals surface area contributed by atoms with E-state index in [9.17, 15) is 19.2 Å². The Hall–Kier alpha value is -2.12. The van der Waals surface area contributed by atoms with E-state index in [2.05, 4.69) is 5.32 Å². The van der Waals surface area contributed by atoms with Gasteiger partial charge in [0.25, 0.3) is 17.7 Å². The summed E-state index contributed by atoms with van der Waals surface area (Å²) in [6, 6.07) is 1.38. The number of imide groups is 1. The molecular formula is C17H18Cl2N2O5. The molecule has 1 aromatic carbocycles. The van der Waals surface area contributed by atoms with E-state index in [-0.39, 0.29) is 27.1 Å². The fraction of sp³-hybridized carbons (Fsp3) is 0.412. The van der Waals surface area contributed by atoms with Crippen molar-refractivity contribution >= 4 is 46.9 Å². The van der Waals surface area contributed by atoms with E-state index in [1.807, 2.05) is 13.8 Å². The minimum absolute atomic E-state index is 0.0683. The van der Waals surface area contributed by atoms with Crippen molar-refractivity contribution in [1.29, 1.82) is 0 Å². The Labute approximate surface area is 160 Å². The average molecular weight is 401 g/mol. The van der Waals surface area contributed by atoms with Gasteiger partial charge in [0.05, 0.1) is 21.2 Å². The molecule has 0 unspecified atom stereocenters. The van der Waals surface area contributed by atoms with Crippen molar-refractivity contribution in [2.75, 3.05) is 13.2 Å². The second-order valence-electron chi connectivity index (χ2n) is 6.27. The van der Waals surface area contributed by atoms with Crippen LogP contribution in [0.3, 0.4) is 0 Å². The summed E-state index contributed by atoms with van der Waals surface area (Å²) in [5.41, 5.74) is 0.137. The van der Waals surface area contributed by atoms with Crippen LogP contribution in [0.25, 0.3) is 0 Å². The summed E-state index contributed by atoms with van der Waals surface area (Å²) >= 11 is 11.8. The fourth-order valence-corrected chi connectivity index (χ4v) is 2.66. The van der Waals surface area contributed by atoms with Gasteiger partial charge in [0.2, 0.25) is 0 Å². The zero-order chi connectivity index (χ0) is 19.6. The van der Waals surface area contributed by atoms with Gasteiger partial charge in [0.15, 0.2) is 6.61 Å². The molecule has 0 aliphatic carbocycles. The third-order valence-corrected chi connectivity index (χ3v) is 4.46. The number of nitrogens with zero attached hydrogens (tertiary/aromatic N) is 1. The molecule has 1 aliphatic rings. The third kappa shape index (κ3) is 4.16. The van der Waals surface area contributed by atoms with Crippen LogP contribution in [0.1, 0.15) is 41.5 Å². The summed E-state index contributed by atoms with van der Waals surface area (Å²) in [7, 11) is 0. The van der Waals surface area contributed by atoms with Crippen molar-refractivity contribution in [3.05, 3.63) is 33.3 Å². The molecule has 2 rings (SSSR count). The van der Waals surface area contributed by atoms with E-state index in [0.717, 1.165) is 4.90 Å². The number of nitrogens with one attached hydrogen (secondary N) is 1. The van der Waals surface area contributed by atoms with Gasteiger partial charge < -0.3 is 10.1 Å². The van der Waals surface area contributed by atoms with Crippen LogP contribution < -0.4 is 5.32 Å². The monoisotopic (exact) mass is 400 g/mol. The molecule has 1 N–H and O–H groups in total. The highest BCUT2D eigenvalue weighted by molar-refractivity contribution is 6.43.